The number of aromatic nitrogens is 2. The van der Waals surface area contributed by atoms with Gasteiger partial charge in [0, 0.05) is 5.39 Å². The molecule has 0 aliphatic heterocycles. The van der Waals surface area contributed by atoms with Gasteiger partial charge in [-0.05, 0) is 32.3 Å². The van der Waals surface area contributed by atoms with Gasteiger partial charge in [-0.1, -0.05) is 12.1 Å². The second-order valence-electron chi connectivity index (χ2n) is 5.36. The number of nitrogens with zero attached hydrogens (tertiary/aromatic N) is 2. The molecular formula is C13H16BN2O3. The lowest BCUT2D eigenvalue weighted by Gasteiger charge is -2.16. The molecule has 1 radical (unpaired) electrons. The maximum absolute atomic E-state index is 11.7. The van der Waals surface area contributed by atoms with Crippen molar-refractivity contribution in [1.82, 2.24) is 9.78 Å². The van der Waals surface area contributed by atoms with Gasteiger partial charge in [-0.15, -0.1) is 0 Å². The maximum atomic E-state index is 11.7. The van der Waals surface area contributed by atoms with Crippen LogP contribution in [0.2, 0.25) is 0 Å². The predicted octanol–water partition coefficient (Wildman–Crippen LogP) is 0.820. The van der Waals surface area contributed by atoms with Gasteiger partial charge in [0.1, 0.15) is 0 Å². The summed E-state index contributed by atoms with van der Waals surface area (Å²) < 4.78 is 6.81. The third-order valence-corrected chi connectivity index (χ3v) is 2.79. The summed E-state index contributed by atoms with van der Waals surface area (Å²) in [5.74, 6) is -0.277. The van der Waals surface area contributed by atoms with Gasteiger partial charge in [-0.25, -0.2) is 4.68 Å². The van der Waals surface area contributed by atoms with Gasteiger partial charge >= 0.3 is 13.5 Å². The summed E-state index contributed by atoms with van der Waals surface area (Å²) in [6.07, 6.45) is 1.64. The minimum atomic E-state index is -0.535. The third-order valence-electron chi connectivity index (χ3n) is 2.79. The smallest absolute Gasteiger partial charge is 0.327 e. The highest BCUT2D eigenvalue weighted by molar-refractivity contribution is 6.49. The zero-order chi connectivity index (χ0) is 14.0. The number of fused-ring (bicyclic) bond motifs is 1. The average molecular weight is 259 g/mol. The number of hydrogen-bond acceptors (Lipinski definition) is 4. The fourth-order valence-corrected chi connectivity index (χ4v) is 1.68. The van der Waals surface area contributed by atoms with E-state index in [2.05, 4.69) is 5.10 Å². The molecule has 0 unspecified atom stereocenters. The average Bonchev–Trinajstić information content (AvgIpc) is 2.77. The van der Waals surface area contributed by atoms with Gasteiger partial charge in [-0.2, -0.15) is 5.10 Å². The molecule has 0 aliphatic carbocycles. The van der Waals surface area contributed by atoms with Crippen LogP contribution in [0.5, 0.6) is 0 Å². The second kappa shape index (κ2) is 5.05. The number of esters is 1. The molecule has 0 saturated carbocycles. The van der Waals surface area contributed by atoms with E-state index in [0.717, 1.165) is 18.4 Å². The van der Waals surface area contributed by atoms with E-state index in [1.54, 1.807) is 37.7 Å². The molecular weight excluding hydrogens is 243 g/mol. The van der Waals surface area contributed by atoms with Gasteiger partial charge in [0.2, 0.25) is 0 Å². The molecule has 0 spiro atoms. The van der Waals surface area contributed by atoms with Crippen molar-refractivity contribution in [3.63, 3.8) is 0 Å². The fourth-order valence-electron chi connectivity index (χ4n) is 1.68. The zero-order valence-corrected chi connectivity index (χ0v) is 11.3. The number of hydrogen-bond donors (Lipinski definition) is 1. The van der Waals surface area contributed by atoms with Crippen LogP contribution in [0.25, 0.3) is 10.9 Å². The van der Waals surface area contributed by atoms with Crippen LogP contribution in [-0.2, 0) is 16.3 Å². The molecule has 0 amide bonds. The summed E-state index contributed by atoms with van der Waals surface area (Å²) in [5.41, 5.74) is 0.961. The highest BCUT2D eigenvalue weighted by atomic mass is 16.5. The molecule has 1 heterocycles. The number of carbonyl (C=O) groups is 1. The first-order valence-corrected chi connectivity index (χ1v) is 6.02. The monoisotopic (exact) mass is 259 g/mol. The lowest BCUT2D eigenvalue weighted by Crippen LogP contribution is -2.24. The first-order valence-electron chi connectivity index (χ1n) is 6.02. The van der Waals surface area contributed by atoms with E-state index in [9.17, 15) is 4.79 Å². The number of ether oxygens (including phenoxy) is 1. The summed E-state index contributed by atoms with van der Waals surface area (Å²) in [4.78, 5) is 11.7. The van der Waals surface area contributed by atoms with Crippen LogP contribution in [0.3, 0.4) is 0 Å². The third kappa shape index (κ3) is 2.79. The molecule has 2 aromatic rings. The Morgan fingerprint density at radius 1 is 1.47 bits per heavy atom. The van der Waals surface area contributed by atoms with Crippen LogP contribution in [-0.4, -0.2) is 28.3 Å². The lowest BCUT2D eigenvalue weighted by atomic mass is 9.86. The number of benzene rings is 1. The van der Waals surface area contributed by atoms with Crippen molar-refractivity contribution in [2.24, 2.45) is 5.41 Å². The minimum absolute atomic E-state index is 0.0640. The molecule has 1 aromatic carbocycles. The lowest BCUT2D eigenvalue weighted by molar-refractivity contribution is -0.157. The van der Waals surface area contributed by atoms with Gasteiger partial charge in [0.05, 0.1) is 17.1 Å². The Hall–Kier alpha value is -1.82. The van der Waals surface area contributed by atoms with Crippen molar-refractivity contribution < 1.29 is 14.6 Å². The minimum Gasteiger partial charge on any atom is -0.450 e. The molecule has 1 aromatic heterocycles. The Balaban J connectivity index is 2.21. The van der Waals surface area contributed by atoms with Crippen LogP contribution in [0.4, 0.5) is 0 Å². The van der Waals surface area contributed by atoms with Crippen molar-refractivity contribution in [3.05, 3.63) is 24.4 Å². The summed E-state index contributed by atoms with van der Waals surface area (Å²) >= 11 is 0. The molecule has 99 valence electrons. The Labute approximate surface area is 112 Å². The van der Waals surface area contributed by atoms with Crippen molar-refractivity contribution in [1.29, 1.82) is 0 Å². The molecule has 0 saturated heterocycles. The Morgan fingerprint density at radius 3 is 2.84 bits per heavy atom. The van der Waals surface area contributed by atoms with E-state index in [1.165, 1.54) is 0 Å². The molecule has 2 rings (SSSR count). The molecule has 0 aliphatic rings. The highest BCUT2D eigenvalue weighted by Crippen LogP contribution is 2.16. The van der Waals surface area contributed by atoms with E-state index >= 15 is 0 Å². The van der Waals surface area contributed by atoms with Crippen molar-refractivity contribution >= 4 is 29.8 Å². The molecule has 1 N–H and O–H groups in total. The highest BCUT2D eigenvalue weighted by Gasteiger charge is 2.23. The van der Waals surface area contributed by atoms with E-state index in [4.69, 9.17) is 9.76 Å². The van der Waals surface area contributed by atoms with E-state index in [-0.39, 0.29) is 12.7 Å². The summed E-state index contributed by atoms with van der Waals surface area (Å²) in [6.45, 7) is 5.47. The maximum Gasteiger partial charge on any atom is 0.327 e. The zero-order valence-electron chi connectivity index (χ0n) is 11.3. The Kier molecular flexibility index (Phi) is 3.62. The van der Waals surface area contributed by atoms with Gasteiger partial charge < -0.3 is 9.76 Å². The van der Waals surface area contributed by atoms with E-state index in [1.807, 2.05) is 12.1 Å². The van der Waals surface area contributed by atoms with Crippen LogP contribution in [0.1, 0.15) is 20.8 Å². The van der Waals surface area contributed by atoms with E-state index in [0.29, 0.717) is 5.46 Å². The second-order valence-corrected chi connectivity index (χ2v) is 5.36. The van der Waals surface area contributed by atoms with Crippen molar-refractivity contribution in [3.8, 4) is 0 Å². The topological polar surface area (TPSA) is 64.4 Å². The standard InChI is InChI=1S/C13H16BN2O3/c1-13(2,3)12(17)19-8-16-11-6-4-5-10(14-18)9(11)7-15-16/h4-7,18H,8H2,1-3H3. The number of rotatable bonds is 3. The molecule has 0 bridgehead atoms. The van der Waals surface area contributed by atoms with Crippen LogP contribution in [0.15, 0.2) is 24.4 Å². The predicted molar refractivity (Wildman–Crippen MR) is 72.9 cm³/mol. The molecule has 19 heavy (non-hydrogen) atoms. The molecule has 5 nitrogen and oxygen atoms in total. The van der Waals surface area contributed by atoms with Crippen LogP contribution in [0, 0.1) is 5.41 Å². The first kappa shape index (κ1) is 13.6. The van der Waals surface area contributed by atoms with Crippen LogP contribution < -0.4 is 5.46 Å². The Bertz CT molecular complexity index is 601. The normalized spacial score (nSPS) is 11.6. The van der Waals surface area contributed by atoms with Gasteiger partial charge in [0.15, 0.2) is 6.73 Å². The number of carbonyl (C=O) groups excluding carboxylic acids is 1. The van der Waals surface area contributed by atoms with Crippen LogP contribution >= 0.6 is 0 Å². The quantitative estimate of drug-likeness (QED) is 0.654. The summed E-state index contributed by atoms with van der Waals surface area (Å²) in [7, 11) is 1.04. The molecule has 6 heteroatoms. The largest absolute Gasteiger partial charge is 0.450 e. The van der Waals surface area contributed by atoms with Gasteiger partial charge in [0.25, 0.3) is 0 Å². The molecule has 0 atom stereocenters. The van der Waals surface area contributed by atoms with Crippen molar-refractivity contribution in [2.45, 2.75) is 27.5 Å². The SMILES string of the molecule is CC(C)(C)C(=O)OCn1ncc2c([B]O)cccc21. The summed E-state index contributed by atoms with van der Waals surface area (Å²) in [6, 6.07) is 5.46. The Morgan fingerprint density at radius 2 is 2.21 bits per heavy atom. The fraction of sp³-hybridized carbons (Fsp3) is 0.385. The first-order chi connectivity index (χ1) is 8.93. The molecule has 0 fully saturated rings. The van der Waals surface area contributed by atoms with Gasteiger partial charge in [-0.3, -0.25) is 4.79 Å². The van der Waals surface area contributed by atoms with E-state index < -0.39 is 5.41 Å². The van der Waals surface area contributed by atoms with Crippen molar-refractivity contribution in [2.75, 3.05) is 0 Å². The summed E-state index contributed by atoms with van der Waals surface area (Å²) in [5, 5.41) is 14.1.